The Hall–Kier alpha value is -2.54. The molecule has 1 aromatic carbocycles. The number of hydrogen-bond acceptors (Lipinski definition) is 6. The van der Waals surface area contributed by atoms with Crippen LogP contribution in [0.3, 0.4) is 0 Å². The van der Waals surface area contributed by atoms with Gasteiger partial charge in [-0.3, -0.25) is 9.59 Å². The third-order valence-corrected chi connectivity index (χ3v) is 3.43. The number of aldehydes is 1. The van der Waals surface area contributed by atoms with Gasteiger partial charge in [-0.05, 0) is 24.3 Å². The van der Waals surface area contributed by atoms with Crippen LogP contribution in [0.2, 0.25) is 5.02 Å². The van der Waals surface area contributed by atoms with Crippen molar-refractivity contribution in [2.24, 2.45) is 0 Å². The molecule has 0 aliphatic carbocycles. The summed E-state index contributed by atoms with van der Waals surface area (Å²) in [5.41, 5.74) is 6.66. The van der Waals surface area contributed by atoms with Crippen molar-refractivity contribution < 1.29 is 14.0 Å². The lowest BCUT2D eigenvalue weighted by molar-refractivity contribution is -0.129. The molecule has 0 saturated carbocycles. The molecule has 0 aliphatic heterocycles. The van der Waals surface area contributed by atoms with E-state index in [1.165, 1.54) is 24.3 Å². The molecule has 2 aromatic rings. The lowest BCUT2D eigenvalue weighted by Gasteiger charge is -2.18. The number of hydrogen-bond donors (Lipinski definition) is 1. The number of rotatable bonds is 6. The monoisotopic (exact) mass is 336 g/mol. The van der Waals surface area contributed by atoms with Crippen molar-refractivity contribution in [1.82, 2.24) is 10.2 Å². The Kier molecular flexibility index (Phi) is 5.23. The van der Waals surface area contributed by atoms with Gasteiger partial charge in [0.2, 0.25) is 0 Å². The first-order valence-corrected chi connectivity index (χ1v) is 7.08. The van der Waals surface area contributed by atoms with Crippen molar-refractivity contribution in [3.63, 3.8) is 0 Å². The fraction of sp³-hybridized carbons (Fsp3) is 0.200. The normalized spacial score (nSPS) is 10.4. The fourth-order valence-electron chi connectivity index (χ4n) is 1.96. The SMILES string of the molecule is CN(CCC(=O)C=O)c1nnc(-c2cc(Cl)ccc2F)cc1N. The Morgan fingerprint density at radius 3 is 2.78 bits per heavy atom. The molecule has 2 rings (SSSR count). The molecule has 1 heterocycles. The van der Waals surface area contributed by atoms with E-state index < -0.39 is 11.6 Å². The van der Waals surface area contributed by atoms with Crippen LogP contribution < -0.4 is 10.6 Å². The number of ketones is 1. The molecular weight excluding hydrogens is 323 g/mol. The minimum absolute atomic E-state index is 0.0474. The zero-order chi connectivity index (χ0) is 17.0. The average Bonchev–Trinajstić information content (AvgIpc) is 2.54. The van der Waals surface area contributed by atoms with Crippen LogP contribution in [-0.4, -0.2) is 35.9 Å². The van der Waals surface area contributed by atoms with Gasteiger partial charge in [0, 0.05) is 30.6 Å². The van der Waals surface area contributed by atoms with Crippen molar-refractivity contribution in [1.29, 1.82) is 0 Å². The zero-order valence-electron chi connectivity index (χ0n) is 12.3. The summed E-state index contributed by atoms with van der Waals surface area (Å²) in [6, 6.07) is 5.59. The van der Waals surface area contributed by atoms with Crippen LogP contribution in [0.5, 0.6) is 0 Å². The molecule has 0 radical (unpaired) electrons. The Balaban J connectivity index is 2.25. The lowest BCUT2D eigenvalue weighted by atomic mass is 10.1. The van der Waals surface area contributed by atoms with Crippen LogP contribution in [0.25, 0.3) is 11.3 Å². The van der Waals surface area contributed by atoms with Crippen molar-refractivity contribution in [2.45, 2.75) is 6.42 Å². The molecule has 0 spiro atoms. The van der Waals surface area contributed by atoms with E-state index in [0.717, 1.165) is 0 Å². The minimum atomic E-state index is -0.513. The number of benzene rings is 1. The molecule has 1 aromatic heterocycles. The maximum Gasteiger partial charge on any atom is 0.196 e. The molecule has 120 valence electrons. The minimum Gasteiger partial charge on any atom is -0.396 e. The summed E-state index contributed by atoms with van der Waals surface area (Å²) < 4.78 is 13.8. The van der Waals surface area contributed by atoms with Gasteiger partial charge in [-0.25, -0.2) is 4.39 Å². The number of nitrogen functional groups attached to an aromatic ring is 1. The number of nitrogens with two attached hydrogens (primary N) is 1. The van der Waals surface area contributed by atoms with E-state index in [9.17, 15) is 14.0 Å². The molecule has 2 N–H and O–H groups in total. The van der Waals surface area contributed by atoms with Crippen molar-refractivity contribution in [2.75, 3.05) is 24.2 Å². The molecule has 0 aliphatic rings. The van der Waals surface area contributed by atoms with Gasteiger partial charge in [0.05, 0.1) is 11.4 Å². The molecule has 0 atom stereocenters. The van der Waals surface area contributed by atoms with Crippen molar-refractivity contribution in [3.05, 3.63) is 35.1 Å². The number of halogens is 2. The first-order valence-electron chi connectivity index (χ1n) is 6.70. The molecule has 0 saturated heterocycles. The first kappa shape index (κ1) is 16.8. The standard InChI is InChI=1S/C15H14ClFN4O2/c1-21(5-4-10(23)8-22)15-13(18)7-14(19-20-15)11-6-9(16)2-3-12(11)17/h2-3,6-8H,4-5H2,1H3,(H2,18,19). The quantitative estimate of drug-likeness (QED) is 0.642. The Labute approximate surface area is 137 Å². The van der Waals surface area contributed by atoms with Crippen molar-refractivity contribution in [3.8, 4) is 11.3 Å². The van der Waals surface area contributed by atoms with Crippen LogP contribution in [-0.2, 0) is 9.59 Å². The average molecular weight is 337 g/mol. The van der Waals surface area contributed by atoms with Crippen LogP contribution >= 0.6 is 11.6 Å². The molecule has 8 heteroatoms. The van der Waals surface area contributed by atoms with E-state index in [4.69, 9.17) is 17.3 Å². The summed E-state index contributed by atoms with van der Waals surface area (Å²) in [5.74, 6) is -0.656. The number of aromatic nitrogens is 2. The van der Waals surface area contributed by atoms with E-state index in [0.29, 0.717) is 10.8 Å². The third-order valence-electron chi connectivity index (χ3n) is 3.19. The predicted molar refractivity (Wildman–Crippen MR) is 85.8 cm³/mol. The summed E-state index contributed by atoms with van der Waals surface area (Å²) in [6.45, 7) is 0.265. The number of anilines is 2. The highest BCUT2D eigenvalue weighted by Gasteiger charge is 2.14. The summed E-state index contributed by atoms with van der Waals surface area (Å²) in [7, 11) is 1.66. The molecule has 23 heavy (non-hydrogen) atoms. The van der Waals surface area contributed by atoms with Crippen LogP contribution in [0.15, 0.2) is 24.3 Å². The van der Waals surface area contributed by atoms with Crippen LogP contribution in [0, 0.1) is 5.82 Å². The molecular formula is C15H14ClFN4O2. The molecule has 0 fully saturated rings. The number of nitrogens with zero attached hydrogens (tertiary/aromatic N) is 3. The van der Waals surface area contributed by atoms with E-state index in [2.05, 4.69) is 10.2 Å². The van der Waals surface area contributed by atoms with E-state index >= 15 is 0 Å². The summed E-state index contributed by atoms with van der Waals surface area (Å²) >= 11 is 5.86. The molecule has 0 bridgehead atoms. The molecule has 0 amide bonds. The van der Waals surface area contributed by atoms with Gasteiger partial charge in [-0.1, -0.05) is 11.6 Å². The maximum atomic E-state index is 13.8. The molecule has 6 nitrogen and oxygen atoms in total. The second-order valence-corrected chi connectivity index (χ2v) is 5.32. The summed E-state index contributed by atoms with van der Waals surface area (Å²) in [4.78, 5) is 22.9. The highest BCUT2D eigenvalue weighted by atomic mass is 35.5. The highest BCUT2D eigenvalue weighted by Crippen LogP contribution is 2.28. The van der Waals surface area contributed by atoms with Gasteiger partial charge < -0.3 is 10.6 Å². The smallest absolute Gasteiger partial charge is 0.196 e. The Bertz CT molecular complexity index is 754. The van der Waals surface area contributed by atoms with Crippen molar-refractivity contribution >= 4 is 35.2 Å². The lowest BCUT2D eigenvalue weighted by Crippen LogP contribution is -2.24. The fourth-order valence-corrected chi connectivity index (χ4v) is 2.14. The second-order valence-electron chi connectivity index (χ2n) is 4.89. The van der Waals surface area contributed by atoms with E-state index in [-0.39, 0.29) is 36.2 Å². The van der Waals surface area contributed by atoms with Crippen LogP contribution in [0.1, 0.15) is 6.42 Å². The third kappa shape index (κ3) is 4.01. The summed E-state index contributed by atoms with van der Waals surface area (Å²) in [6.07, 6.45) is 0.319. The van der Waals surface area contributed by atoms with E-state index in [1.807, 2.05) is 0 Å². The second kappa shape index (κ2) is 7.15. The van der Waals surface area contributed by atoms with Crippen LogP contribution in [0.4, 0.5) is 15.9 Å². The van der Waals surface area contributed by atoms with Gasteiger partial charge >= 0.3 is 0 Å². The Morgan fingerprint density at radius 1 is 1.39 bits per heavy atom. The first-order chi connectivity index (χ1) is 10.9. The molecule has 0 unspecified atom stereocenters. The highest BCUT2D eigenvalue weighted by molar-refractivity contribution is 6.30. The summed E-state index contributed by atoms with van der Waals surface area (Å²) in [5, 5.41) is 8.30. The maximum absolute atomic E-state index is 13.8. The Morgan fingerprint density at radius 2 is 2.13 bits per heavy atom. The number of Topliss-reactive ketones (excluding diaryl/α,β-unsaturated/α-hetero) is 1. The van der Waals surface area contributed by atoms with Gasteiger partial charge in [0.25, 0.3) is 0 Å². The number of carbonyl (C=O) groups excluding carboxylic acids is 2. The number of carbonyl (C=O) groups is 2. The zero-order valence-corrected chi connectivity index (χ0v) is 13.0. The van der Waals surface area contributed by atoms with Gasteiger partial charge in [0.1, 0.15) is 5.82 Å². The van der Waals surface area contributed by atoms with Gasteiger partial charge in [0.15, 0.2) is 17.9 Å². The van der Waals surface area contributed by atoms with Gasteiger partial charge in [-0.2, -0.15) is 0 Å². The topological polar surface area (TPSA) is 89.2 Å². The van der Waals surface area contributed by atoms with E-state index in [1.54, 1.807) is 11.9 Å². The largest absolute Gasteiger partial charge is 0.396 e. The van der Waals surface area contributed by atoms with Gasteiger partial charge in [-0.15, -0.1) is 10.2 Å². The predicted octanol–water partition coefficient (Wildman–Crippen LogP) is 2.11.